The third kappa shape index (κ3) is 1.67. The molecule has 1 aromatic carbocycles. The predicted molar refractivity (Wildman–Crippen MR) is 56.7 cm³/mol. The molecule has 72 valence electrons. The van der Waals surface area contributed by atoms with E-state index < -0.39 is 0 Å². The van der Waals surface area contributed by atoms with Crippen molar-refractivity contribution in [3.8, 4) is 5.69 Å². The van der Waals surface area contributed by atoms with Crippen LogP contribution in [0.3, 0.4) is 0 Å². The molecule has 0 aliphatic heterocycles. The van der Waals surface area contributed by atoms with Crippen molar-refractivity contribution in [1.82, 2.24) is 4.57 Å². The van der Waals surface area contributed by atoms with E-state index in [9.17, 15) is 0 Å². The van der Waals surface area contributed by atoms with Crippen molar-refractivity contribution in [1.29, 1.82) is 0 Å². The SMILES string of the molecule is OCc1cc(Cl)ccc1-n1cccc1. The van der Waals surface area contributed by atoms with Crippen LogP contribution < -0.4 is 0 Å². The molecule has 3 heteroatoms. The first-order valence-electron chi connectivity index (χ1n) is 4.34. The lowest BCUT2D eigenvalue weighted by molar-refractivity contribution is 0.281. The summed E-state index contributed by atoms with van der Waals surface area (Å²) in [5, 5.41) is 9.81. The van der Waals surface area contributed by atoms with Gasteiger partial charge in [0.05, 0.1) is 12.3 Å². The van der Waals surface area contributed by atoms with Crippen LogP contribution in [-0.4, -0.2) is 9.67 Å². The molecule has 1 aromatic heterocycles. The largest absolute Gasteiger partial charge is 0.392 e. The minimum absolute atomic E-state index is 0.00588. The van der Waals surface area contributed by atoms with Gasteiger partial charge in [0.15, 0.2) is 0 Å². The van der Waals surface area contributed by atoms with Gasteiger partial charge in [-0.25, -0.2) is 0 Å². The van der Waals surface area contributed by atoms with Crippen molar-refractivity contribution in [3.05, 3.63) is 53.3 Å². The van der Waals surface area contributed by atoms with Crippen molar-refractivity contribution in [2.24, 2.45) is 0 Å². The van der Waals surface area contributed by atoms with Crippen molar-refractivity contribution >= 4 is 11.6 Å². The Labute approximate surface area is 87.4 Å². The fourth-order valence-corrected chi connectivity index (χ4v) is 1.62. The van der Waals surface area contributed by atoms with Crippen LogP contribution in [0.1, 0.15) is 5.56 Å². The molecule has 0 spiro atoms. The predicted octanol–water partition coefficient (Wildman–Crippen LogP) is 2.62. The molecule has 2 rings (SSSR count). The lowest BCUT2D eigenvalue weighted by Crippen LogP contribution is -1.96. The van der Waals surface area contributed by atoms with Gasteiger partial charge in [0.1, 0.15) is 0 Å². The molecule has 0 radical (unpaired) electrons. The van der Waals surface area contributed by atoms with Crippen molar-refractivity contribution in [2.75, 3.05) is 0 Å². The topological polar surface area (TPSA) is 25.2 Å². The van der Waals surface area contributed by atoms with Gasteiger partial charge < -0.3 is 9.67 Å². The number of benzene rings is 1. The Kier molecular flexibility index (Phi) is 2.57. The molecule has 0 bridgehead atoms. The third-order valence-electron chi connectivity index (χ3n) is 2.09. The quantitative estimate of drug-likeness (QED) is 0.805. The lowest BCUT2D eigenvalue weighted by Gasteiger charge is -2.08. The van der Waals surface area contributed by atoms with Crippen LogP contribution in [0.2, 0.25) is 5.02 Å². The van der Waals surface area contributed by atoms with E-state index in [0.29, 0.717) is 5.02 Å². The van der Waals surface area contributed by atoms with E-state index in [1.54, 1.807) is 6.07 Å². The first-order valence-corrected chi connectivity index (χ1v) is 4.71. The lowest BCUT2D eigenvalue weighted by atomic mass is 10.2. The first-order chi connectivity index (χ1) is 6.81. The van der Waals surface area contributed by atoms with Crippen molar-refractivity contribution < 1.29 is 5.11 Å². The van der Waals surface area contributed by atoms with Crippen LogP contribution in [0, 0.1) is 0 Å². The second-order valence-corrected chi connectivity index (χ2v) is 3.46. The number of nitrogens with zero attached hydrogens (tertiary/aromatic N) is 1. The Bertz CT molecular complexity index is 423. The van der Waals surface area contributed by atoms with Gasteiger partial charge in [0.2, 0.25) is 0 Å². The Morgan fingerprint density at radius 2 is 1.93 bits per heavy atom. The molecule has 1 heterocycles. The highest BCUT2D eigenvalue weighted by atomic mass is 35.5. The summed E-state index contributed by atoms with van der Waals surface area (Å²) in [6, 6.07) is 9.37. The maximum Gasteiger partial charge on any atom is 0.0702 e. The number of aromatic nitrogens is 1. The number of hydrogen-bond acceptors (Lipinski definition) is 1. The highest BCUT2D eigenvalue weighted by molar-refractivity contribution is 6.30. The summed E-state index contributed by atoms with van der Waals surface area (Å²) in [5.41, 5.74) is 1.79. The number of aliphatic hydroxyl groups excluding tert-OH is 1. The fraction of sp³-hybridized carbons (Fsp3) is 0.0909. The third-order valence-corrected chi connectivity index (χ3v) is 2.33. The van der Waals surface area contributed by atoms with E-state index in [-0.39, 0.29) is 6.61 Å². The number of hydrogen-bond donors (Lipinski definition) is 1. The van der Waals surface area contributed by atoms with Gasteiger partial charge in [-0.1, -0.05) is 11.6 Å². The smallest absolute Gasteiger partial charge is 0.0702 e. The van der Waals surface area contributed by atoms with E-state index in [0.717, 1.165) is 11.3 Å². The highest BCUT2D eigenvalue weighted by Gasteiger charge is 2.03. The van der Waals surface area contributed by atoms with Crippen LogP contribution in [0.25, 0.3) is 5.69 Å². The Morgan fingerprint density at radius 1 is 1.21 bits per heavy atom. The summed E-state index contributed by atoms with van der Waals surface area (Å²) < 4.78 is 1.95. The van der Waals surface area contributed by atoms with E-state index in [1.807, 2.05) is 41.2 Å². The maximum absolute atomic E-state index is 9.17. The summed E-state index contributed by atoms with van der Waals surface area (Å²) in [6.07, 6.45) is 3.87. The number of halogens is 1. The van der Waals surface area contributed by atoms with Crippen molar-refractivity contribution in [3.63, 3.8) is 0 Å². The highest BCUT2D eigenvalue weighted by Crippen LogP contribution is 2.19. The Morgan fingerprint density at radius 3 is 2.57 bits per heavy atom. The second kappa shape index (κ2) is 3.86. The standard InChI is InChI=1S/C11H10ClNO/c12-10-3-4-11(9(7-10)8-14)13-5-1-2-6-13/h1-7,14H,8H2. The summed E-state index contributed by atoms with van der Waals surface area (Å²) in [5.74, 6) is 0. The molecular formula is C11H10ClNO. The fourth-order valence-electron chi connectivity index (χ4n) is 1.43. The van der Waals surface area contributed by atoms with Crippen molar-refractivity contribution in [2.45, 2.75) is 6.61 Å². The van der Waals surface area contributed by atoms with E-state index >= 15 is 0 Å². The molecule has 1 N–H and O–H groups in total. The van der Waals surface area contributed by atoms with Crippen LogP contribution in [0.4, 0.5) is 0 Å². The van der Waals surface area contributed by atoms with Gasteiger partial charge in [-0.2, -0.15) is 0 Å². The zero-order valence-electron chi connectivity index (χ0n) is 7.52. The molecule has 0 saturated carbocycles. The average Bonchev–Trinajstić information content (AvgIpc) is 2.70. The zero-order valence-corrected chi connectivity index (χ0v) is 8.28. The molecule has 14 heavy (non-hydrogen) atoms. The van der Waals surface area contributed by atoms with E-state index in [2.05, 4.69) is 0 Å². The molecule has 0 saturated heterocycles. The zero-order chi connectivity index (χ0) is 9.97. The summed E-state index contributed by atoms with van der Waals surface area (Å²) in [6.45, 7) is -0.00588. The van der Waals surface area contributed by atoms with Gasteiger partial charge in [-0.3, -0.25) is 0 Å². The van der Waals surface area contributed by atoms with Crippen LogP contribution in [0.15, 0.2) is 42.7 Å². The molecule has 0 unspecified atom stereocenters. The first kappa shape index (κ1) is 9.31. The second-order valence-electron chi connectivity index (χ2n) is 3.02. The molecule has 0 amide bonds. The monoisotopic (exact) mass is 207 g/mol. The molecular weight excluding hydrogens is 198 g/mol. The van der Waals surface area contributed by atoms with Crippen LogP contribution in [-0.2, 0) is 6.61 Å². The molecule has 2 aromatic rings. The minimum Gasteiger partial charge on any atom is -0.392 e. The van der Waals surface area contributed by atoms with Gasteiger partial charge in [-0.15, -0.1) is 0 Å². The molecule has 0 fully saturated rings. The van der Waals surface area contributed by atoms with Gasteiger partial charge >= 0.3 is 0 Å². The average molecular weight is 208 g/mol. The normalized spacial score (nSPS) is 10.4. The van der Waals surface area contributed by atoms with Gasteiger partial charge in [0.25, 0.3) is 0 Å². The van der Waals surface area contributed by atoms with Crippen LogP contribution in [0.5, 0.6) is 0 Å². The minimum atomic E-state index is -0.00588. The molecule has 0 aliphatic carbocycles. The molecule has 0 aliphatic rings. The van der Waals surface area contributed by atoms with E-state index in [4.69, 9.17) is 16.7 Å². The molecule has 0 atom stereocenters. The van der Waals surface area contributed by atoms with Gasteiger partial charge in [-0.05, 0) is 30.3 Å². The van der Waals surface area contributed by atoms with Gasteiger partial charge in [0, 0.05) is 23.0 Å². The van der Waals surface area contributed by atoms with Crippen LogP contribution >= 0.6 is 11.6 Å². The Hall–Kier alpha value is -1.25. The van der Waals surface area contributed by atoms with E-state index in [1.165, 1.54) is 0 Å². The summed E-state index contributed by atoms with van der Waals surface area (Å²) in [7, 11) is 0. The number of rotatable bonds is 2. The summed E-state index contributed by atoms with van der Waals surface area (Å²) in [4.78, 5) is 0. The summed E-state index contributed by atoms with van der Waals surface area (Å²) >= 11 is 5.84. The Balaban J connectivity index is 2.53. The number of aliphatic hydroxyl groups is 1. The maximum atomic E-state index is 9.17. The molecule has 2 nitrogen and oxygen atoms in total.